The van der Waals surface area contributed by atoms with Gasteiger partial charge in [-0.3, -0.25) is 0 Å². The van der Waals surface area contributed by atoms with Crippen LogP contribution in [0.2, 0.25) is 0 Å². The summed E-state index contributed by atoms with van der Waals surface area (Å²) in [5, 5.41) is 2.68. The van der Waals surface area contributed by atoms with Crippen LogP contribution >= 0.6 is 11.3 Å². The highest BCUT2D eigenvalue weighted by Crippen LogP contribution is 2.12. The molecule has 0 aliphatic carbocycles. The fourth-order valence-electron chi connectivity index (χ4n) is 1.28. The lowest BCUT2D eigenvalue weighted by Crippen LogP contribution is -2.26. The average Bonchev–Trinajstić information content (AvgIpc) is 2.74. The zero-order valence-corrected chi connectivity index (χ0v) is 10.2. The van der Waals surface area contributed by atoms with Crippen molar-refractivity contribution in [3.8, 4) is 5.75 Å². The first-order valence-corrected chi connectivity index (χ1v) is 6.03. The summed E-state index contributed by atoms with van der Waals surface area (Å²) in [6.07, 6.45) is -0.455. The van der Waals surface area contributed by atoms with Crippen LogP contribution in [-0.2, 0) is 6.54 Å². The molecule has 0 atom stereocenters. The Morgan fingerprint density at radius 1 is 1.41 bits per heavy atom. The smallest absolute Gasteiger partial charge is 0.410 e. The molecule has 1 amide bonds. The van der Waals surface area contributed by atoms with E-state index in [0.29, 0.717) is 12.3 Å². The molecule has 5 heteroatoms. The SMILES string of the molecule is Cc1ncsc1CNC(=O)Oc1ccccc1. The van der Waals surface area contributed by atoms with E-state index < -0.39 is 6.09 Å². The number of thiazole rings is 1. The molecule has 1 heterocycles. The maximum absolute atomic E-state index is 11.5. The highest BCUT2D eigenvalue weighted by Gasteiger charge is 2.06. The number of hydrogen-bond donors (Lipinski definition) is 1. The van der Waals surface area contributed by atoms with Crippen molar-refractivity contribution in [3.63, 3.8) is 0 Å². The largest absolute Gasteiger partial charge is 0.412 e. The van der Waals surface area contributed by atoms with Gasteiger partial charge in [-0.2, -0.15) is 0 Å². The molecule has 17 heavy (non-hydrogen) atoms. The summed E-state index contributed by atoms with van der Waals surface area (Å²) in [5.74, 6) is 0.533. The number of carbonyl (C=O) groups excluding carboxylic acids is 1. The van der Waals surface area contributed by atoms with Gasteiger partial charge >= 0.3 is 6.09 Å². The van der Waals surface area contributed by atoms with Gasteiger partial charge < -0.3 is 10.1 Å². The number of rotatable bonds is 3. The highest BCUT2D eigenvalue weighted by molar-refractivity contribution is 7.09. The number of para-hydroxylation sites is 1. The van der Waals surface area contributed by atoms with E-state index in [-0.39, 0.29) is 0 Å². The lowest BCUT2D eigenvalue weighted by Gasteiger charge is -2.05. The number of amides is 1. The number of benzene rings is 1. The zero-order chi connectivity index (χ0) is 12.1. The van der Waals surface area contributed by atoms with Crippen molar-refractivity contribution in [3.05, 3.63) is 46.4 Å². The van der Waals surface area contributed by atoms with Crippen molar-refractivity contribution in [2.45, 2.75) is 13.5 Å². The molecule has 88 valence electrons. The summed E-state index contributed by atoms with van der Waals surface area (Å²) in [6.45, 7) is 2.36. The molecule has 0 fully saturated rings. The Labute approximate surface area is 103 Å². The first-order valence-electron chi connectivity index (χ1n) is 5.15. The Hall–Kier alpha value is -1.88. The van der Waals surface area contributed by atoms with E-state index in [2.05, 4.69) is 10.3 Å². The summed E-state index contributed by atoms with van der Waals surface area (Å²) >= 11 is 1.52. The van der Waals surface area contributed by atoms with Gasteiger partial charge in [0.15, 0.2) is 0 Å². The third-order valence-corrected chi connectivity index (χ3v) is 3.13. The van der Waals surface area contributed by atoms with Crippen molar-refractivity contribution < 1.29 is 9.53 Å². The van der Waals surface area contributed by atoms with E-state index in [4.69, 9.17) is 4.74 Å². The average molecular weight is 248 g/mol. The van der Waals surface area contributed by atoms with E-state index in [1.165, 1.54) is 11.3 Å². The number of carbonyl (C=O) groups is 1. The predicted octanol–water partition coefficient (Wildman–Crippen LogP) is 2.74. The van der Waals surface area contributed by atoms with Gasteiger partial charge in [-0.25, -0.2) is 9.78 Å². The van der Waals surface area contributed by atoms with E-state index >= 15 is 0 Å². The van der Waals surface area contributed by atoms with Gasteiger partial charge in [-0.1, -0.05) is 18.2 Å². The van der Waals surface area contributed by atoms with Gasteiger partial charge in [0, 0.05) is 4.88 Å². The first-order chi connectivity index (χ1) is 8.25. The third-order valence-electron chi connectivity index (χ3n) is 2.19. The van der Waals surface area contributed by atoms with Crippen molar-refractivity contribution in [2.75, 3.05) is 0 Å². The molecule has 1 aromatic carbocycles. The van der Waals surface area contributed by atoms with Crippen molar-refractivity contribution in [1.82, 2.24) is 10.3 Å². The van der Waals surface area contributed by atoms with Crippen LogP contribution in [0.5, 0.6) is 5.75 Å². The molecule has 0 aliphatic rings. The van der Waals surface area contributed by atoms with Crippen molar-refractivity contribution in [1.29, 1.82) is 0 Å². The second-order valence-corrected chi connectivity index (χ2v) is 4.36. The molecule has 0 unspecified atom stereocenters. The van der Waals surface area contributed by atoms with Gasteiger partial charge in [0.05, 0.1) is 17.7 Å². The van der Waals surface area contributed by atoms with Gasteiger partial charge in [-0.05, 0) is 19.1 Å². The van der Waals surface area contributed by atoms with Crippen LogP contribution < -0.4 is 10.1 Å². The number of aromatic nitrogens is 1. The maximum Gasteiger partial charge on any atom is 0.412 e. The van der Waals surface area contributed by atoms with Gasteiger partial charge in [-0.15, -0.1) is 11.3 Å². The Bertz CT molecular complexity index is 496. The van der Waals surface area contributed by atoms with E-state index in [0.717, 1.165) is 10.6 Å². The minimum Gasteiger partial charge on any atom is -0.410 e. The topological polar surface area (TPSA) is 51.2 Å². The Balaban J connectivity index is 1.84. The van der Waals surface area contributed by atoms with Gasteiger partial charge in [0.2, 0.25) is 0 Å². The summed E-state index contributed by atoms with van der Waals surface area (Å²) in [4.78, 5) is 16.6. The molecular formula is C12H12N2O2S. The van der Waals surface area contributed by atoms with Crippen LogP contribution in [0.15, 0.2) is 35.8 Å². The Morgan fingerprint density at radius 3 is 2.82 bits per heavy atom. The number of aryl methyl sites for hydroxylation is 1. The fraction of sp³-hybridized carbons (Fsp3) is 0.167. The first kappa shape index (κ1) is 11.6. The Kier molecular flexibility index (Phi) is 3.72. The Morgan fingerprint density at radius 2 is 2.18 bits per heavy atom. The summed E-state index contributed by atoms with van der Waals surface area (Å²) < 4.78 is 5.09. The third kappa shape index (κ3) is 3.29. The molecular weight excluding hydrogens is 236 g/mol. The number of nitrogens with one attached hydrogen (secondary N) is 1. The normalized spacial score (nSPS) is 9.94. The predicted molar refractivity (Wildman–Crippen MR) is 66.2 cm³/mol. The van der Waals surface area contributed by atoms with Gasteiger partial charge in [0.25, 0.3) is 0 Å². The molecule has 0 saturated carbocycles. The van der Waals surface area contributed by atoms with Crippen molar-refractivity contribution in [2.24, 2.45) is 0 Å². The summed E-state index contributed by atoms with van der Waals surface area (Å²) in [7, 11) is 0. The van der Waals surface area contributed by atoms with E-state index in [1.54, 1.807) is 17.6 Å². The molecule has 2 aromatic rings. The molecule has 2 rings (SSSR count). The summed E-state index contributed by atoms with van der Waals surface area (Å²) in [5.41, 5.74) is 2.70. The molecule has 0 saturated heterocycles. The minimum absolute atomic E-state index is 0.447. The monoisotopic (exact) mass is 248 g/mol. The van der Waals surface area contributed by atoms with Crippen LogP contribution in [0.4, 0.5) is 4.79 Å². The molecule has 0 spiro atoms. The summed E-state index contributed by atoms with van der Waals surface area (Å²) in [6, 6.07) is 8.96. The standard InChI is InChI=1S/C12H12N2O2S/c1-9-11(17-8-14-9)7-13-12(15)16-10-5-3-2-4-6-10/h2-6,8H,7H2,1H3,(H,13,15). The van der Waals surface area contributed by atoms with Crippen molar-refractivity contribution >= 4 is 17.4 Å². The van der Waals surface area contributed by atoms with E-state index in [9.17, 15) is 4.79 Å². The molecule has 0 bridgehead atoms. The number of hydrogen-bond acceptors (Lipinski definition) is 4. The van der Waals surface area contributed by atoms with Crippen LogP contribution in [0.25, 0.3) is 0 Å². The quantitative estimate of drug-likeness (QED) is 0.908. The molecule has 1 aromatic heterocycles. The zero-order valence-electron chi connectivity index (χ0n) is 9.34. The second kappa shape index (κ2) is 5.45. The van der Waals surface area contributed by atoms with Crippen LogP contribution in [0, 0.1) is 6.92 Å². The van der Waals surface area contributed by atoms with Crippen LogP contribution in [0.3, 0.4) is 0 Å². The second-order valence-electron chi connectivity index (χ2n) is 3.42. The molecule has 0 radical (unpaired) electrons. The fourth-order valence-corrected chi connectivity index (χ4v) is 2.00. The molecule has 1 N–H and O–H groups in total. The van der Waals surface area contributed by atoms with Crippen LogP contribution in [0.1, 0.15) is 10.6 Å². The highest BCUT2D eigenvalue weighted by atomic mass is 32.1. The molecule has 0 aliphatic heterocycles. The molecule has 4 nitrogen and oxygen atoms in total. The van der Waals surface area contributed by atoms with Gasteiger partial charge in [0.1, 0.15) is 5.75 Å². The lowest BCUT2D eigenvalue weighted by molar-refractivity contribution is 0.200. The number of nitrogens with zero attached hydrogens (tertiary/aromatic N) is 1. The lowest BCUT2D eigenvalue weighted by atomic mass is 10.3. The minimum atomic E-state index is -0.455. The maximum atomic E-state index is 11.5. The number of ether oxygens (including phenoxy) is 1. The van der Waals surface area contributed by atoms with Crippen LogP contribution in [-0.4, -0.2) is 11.1 Å². The van der Waals surface area contributed by atoms with E-state index in [1.807, 2.05) is 25.1 Å².